The van der Waals surface area contributed by atoms with Gasteiger partial charge >= 0.3 is 0 Å². The number of allylic oxidation sites excluding steroid dienone is 2. The Kier molecular flexibility index (Phi) is 10.7. The number of carbonyl (C=O) groups excluding carboxylic acids is 2. The van der Waals surface area contributed by atoms with E-state index in [0.29, 0.717) is 47.0 Å². The van der Waals surface area contributed by atoms with Gasteiger partial charge in [-0.15, -0.1) is 0 Å². The van der Waals surface area contributed by atoms with Gasteiger partial charge in [0.2, 0.25) is 12.6 Å². The second-order valence-electron chi connectivity index (χ2n) is 8.56. The van der Waals surface area contributed by atoms with Crippen LogP contribution in [0.1, 0.15) is 60.2 Å². The van der Waals surface area contributed by atoms with Crippen LogP contribution in [-0.2, 0) is 0 Å². The third-order valence-electron chi connectivity index (χ3n) is 5.59. The number of ketones is 2. The monoisotopic (exact) mass is 514 g/mol. The van der Waals surface area contributed by atoms with Gasteiger partial charge in [0.1, 0.15) is 23.0 Å². The maximum Gasteiger partial charge on any atom is 0.241 e. The van der Waals surface area contributed by atoms with Gasteiger partial charge in [0.15, 0.2) is 11.6 Å². The Bertz CT molecular complexity index is 1100. The van der Waals surface area contributed by atoms with Crippen LogP contribution >= 0.6 is 0 Å². The Balaban J connectivity index is 1.60. The SMILES string of the molecule is C=CC(=O)c1ccc(OC(CCC)Oc2ccc(OC(CCC)Oc3ccc(C(=O)C=C)cc3)cc2)cc1. The Hall–Kier alpha value is -4.32. The van der Waals surface area contributed by atoms with Crippen LogP contribution in [-0.4, -0.2) is 24.1 Å². The minimum Gasteiger partial charge on any atom is -0.455 e. The molecule has 3 aromatic rings. The molecule has 198 valence electrons. The molecule has 0 spiro atoms. The molecule has 2 unspecified atom stereocenters. The summed E-state index contributed by atoms with van der Waals surface area (Å²) in [4.78, 5) is 23.5. The highest BCUT2D eigenvalue weighted by atomic mass is 16.7. The highest BCUT2D eigenvalue weighted by molar-refractivity contribution is 6.04. The zero-order valence-corrected chi connectivity index (χ0v) is 21.9. The Morgan fingerprint density at radius 3 is 1.08 bits per heavy atom. The van der Waals surface area contributed by atoms with Crippen LogP contribution < -0.4 is 18.9 Å². The summed E-state index contributed by atoms with van der Waals surface area (Å²) in [6, 6.07) is 21.1. The van der Waals surface area contributed by atoms with Crippen LogP contribution in [0, 0.1) is 0 Å². The molecule has 0 aliphatic heterocycles. The topological polar surface area (TPSA) is 71.1 Å². The molecule has 0 aliphatic carbocycles. The van der Waals surface area contributed by atoms with Gasteiger partial charge in [0.05, 0.1) is 0 Å². The van der Waals surface area contributed by atoms with Crippen molar-refractivity contribution in [2.75, 3.05) is 0 Å². The quantitative estimate of drug-likeness (QED) is 0.111. The van der Waals surface area contributed by atoms with Crippen LogP contribution in [0.4, 0.5) is 0 Å². The summed E-state index contributed by atoms with van der Waals surface area (Å²) < 4.78 is 24.2. The average Bonchev–Trinajstić information content (AvgIpc) is 2.94. The normalized spacial score (nSPS) is 12.1. The molecule has 3 rings (SSSR count). The Morgan fingerprint density at radius 2 is 0.842 bits per heavy atom. The predicted molar refractivity (Wildman–Crippen MR) is 148 cm³/mol. The summed E-state index contributed by atoms with van der Waals surface area (Å²) in [6.07, 6.45) is 4.72. The summed E-state index contributed by atoms with van der Waals surface area (Å²) in [5.41, 5.74) is 1.11. The van der Waals surface area contributed by atoms with E-state index in [0.717, 1.165) is 12.8 Å². The van der Waals surface area contributed by atoms with E-state index in [4.69, 9.17) is 18.9 Å². The molecule has 0 radical (unpaired) electrons. The summed E-state index contributed by atoms with van der Waals surface area (Å²) in [7, 11) is 0. The molecule has 0 amide bonds. The smallest absolute Gasteiger partial charge is 0.241 e. The lowest BCUT2D eigenvalue weighted by Gasteiger charge is -2.22. The number of hydrogen-bond donors (Lipinski definition) is 0. The van der Waals surface area contributed by atoms with E-state index in [2.05, 4.69) is 27.0 Å². The van der Waals surface area contributed by atoms with E-state index in [1.807, 2.05) is 24.3 Å². The molecule has 0 aromatic heterocycles. The number of benzene rings is 3. The fourth-order valence-electron chi connectivity index (χ4n) is 3.59. The third kappa shape index (κ3) is 8.37. The highest BCUT2D eigenvalue weighted by Gasteiger charge is 2.15. The van der Waals surface area contributed by atoms with Crippen LogP contribution in [0.3, 0.4) is 0 Å². The molecule has 6 nitrogen and oxygen atoms in total. The maximum atomic E-state index is 11.7. The van der Waals surface area contributed by atoms with Gasteiger partial charge in [-0.25, -0.2) is 0 Å². The number of hydrogen-bond acceptors (Lipinski definition) is 6. The minimum atomic E-state index is -0.486. The maximum absolute atomic E-state index is 11.7. The first-order chi connectivity index (χ1) is 18.4. The number of ether oxygens (including phenoxy) is 4. The van der Waals surface area contributed by atoms with Gasteiger partial charge in [-0.1, -0.05) is 27.0 Å². The molecule has 0 aliphatic rings. The van der Waals surface area contributed by atoms with Gasteiger partial charge in [-0.3, -0.25) is 9.59 Å². The van der Waals surface area contributed by atoms with E-state index >= 15 is 0 Å². The fraction of sp³-hybridized carbons (Fsp3) is 0.250. The van der Waals surface area contributed by atoms with Crippen molar-refractivity contribution in [2.24, 2.45) is 0 Å². The summed E-state index contributed by atoms with van der Waals surface area (Å²) >= 11 is 0. The van der Waals surface area contributed by atoms with Gasteiger partial charge in [-0.2, -0.15) is 0 Å². The van der Waals surface area contributed by atoms with Gasteiger partial charge in [0, 0.05) is 24.0 Å². The molecule has 2 atom stereocenters. The first-order valence-electron chi connectivity index (χ1n) is 12.8. The second-order valence-corrected chi connectivity index (χ2v) is 8.56. The van der Waals surface area contributed by atoms with Gasteiger partial charge in [0.25, 0.3) is 0 Å². The van der Waals surface area contributed by atoms with Crippen molar-refractivity contribution in [3.63, 3.8) is 0 Å². The third-order valence-corrected chi connectivity index (χ3v) is 5.59. The molecule has 6 heteroatoms. The summed E-state index contributed by atoms with van der Waals surface area (Å²) in [5.74, 6) is 2.25. The molecule has 0 heterocycles. The van der Waals surface area contributed by atoms with Crippen molar-refractivity contribution >= 4 is 11.6 Å². The molecule has 0 saturated carbocycles. The largest absolute Gasteiger partial charge is 0.455 e. The molecule has 0 bridgehead atoms. The van der Waals surface area contributed by atoms with Crippen molar-refractivity contribution in [3.05, 3.63) is 109 Å². The molecule has 0 saturated heterocycles. The van der Waals surface area contributed by atoms with E-state index in [-0.39, 0.29) is 11.6 Å². The van der Waals surface area contributed by atoms with Gasteiger partial charge < -0.3 is 18.9 Å². The molecule has 3 aromatic carbocycles. The molecule has 0 fully saturated rings. The van der Waals surface area contributed by atoms with Crippen molar-refractivity contribution < 1.29 is 28.5 Å². The van der Waals surface area contributed by atoms with Crippen LogP contribution in [0.5, 0.6) is 23.0 Å². The lowest BCUT2D eigenvalue weighted by molar-refractivity contribution is -0.00408. The van der Waals surface area contributed by atoms with Crippen LogP contribution in [0.25, 0.3) is 0 Å². The van der Waals surface area contributed by atoms with E-state index < -0.39 is 12.6 Å². The van der Waals surface area contributed by atoms with E-state index in [9.17, 15) is 9.59 Å². The fourth-order valence-corrected chi connectivity index (χ4v) is 3.59. The Morgan fingerprint density at radius 1 is 0.579 bits per heavy atom. The van der Waals surface area contributed by atoms with E-state index in [1.54, 1.807) is 48.5 Å². The van der Waals surface area contributed by atoms with Crippen LogP contribution in [0.2, 0.25) is 0 Å². The molecular formula is C32H34O6. The second kappa shape index (κ2) is 14.4. The predicted octanol–water partition coefficient (Wildman–Crippen LogP) is 7.59. The first-order valence-corrected chi connectivity index (χ1v) is 12.8. The van der Waals surface area contributed by atoms with Crippen molar-refractivity contribution in [3.8, 4) is 23.0 Å². The Labute approximate surface area is 224 Å². The molecule has 0 N–H and O–H groups in total. The minimum absolute atomic E-state index is 0.135. The van der Waals surface area contributed by atoms with E-state index in [1.165, 1.54) is 12.2 Å². The number of rotatable bonds is 16. The van der Waals surface area contributed by atoms with Gasteiger partial charge in [-0.05, 0) is 97.8 Å². The summed E-state index contributed by atoms with van der Waals surface area (Å²) in [6.45, 7) is 11.1. The van der Waals surface area contributed by atoms with Crippen molar-refractivity contribution in [1.82, 2.24) is 0 Å². The van der Waals surface area contributed by atoms with Crippen LogP contribution in [0.15, 0.2) is 98.1 Å². The van der Waals surface area contributed by atoms with Crippen molar-refractivity contribution in [2.45, 2.75) is 52.1 Å². The zero-order chi connectivity index (χ0) is 27.3. The molecule has 38 heavy (non-hydrogen) atoms. The standard InChI is InChI=1S/C32H34O6/c1-5-9-31(35-25-15-11-23(12-16-25)29(33)7-3)37-27-19-21-28(22-20-27)38-32(10-6-2)36-26-17-13-24(14-18-26)30(34)8-4/h7-8,11-22,31-32H,3-6,9-10H2,1-2H3. The zero-order valence-electron chi connectivity index (χ0n) is 21.9. The molecular weight excluding hydrogens is 480 g/mol. The number of carbonyl (C=O) groups is 2. The highest BCUT2D eigenvalue weighted by Crippen LogP contribution is 2.24. The summed E-state index contributed by atoms with van der Waals surface area (Å²) in [5, 5.41) is 0. The lowest BCUT2D eigenvalue weighted by atomic mass is 10.1. The first kappa shape index (κ1) is 28.3. The van der Waals surface area contributed by atoms with Crippen molar-refractivity contribution in [1.29, 1.82) is 0 Å². The lowest BCUT2D eigenvalue weighted by Crippen LogP contribution is -2.24. The average molecular weight is 515 g/mol.